The van der Waals surface area contributed by atoms with Crippen molar-refractivity contribution < 1.29 is 18.3 Å². The molecule has 21 heavy (non-hydrogen) atoms. The lowest BCUT2D eigenvalue weighted by Gasteiger charge is -2.09. The Balaban J connectivity index is 2.51. The van der Waals surface area contributed by atoms with Gasteiger partial charge in [0.2, 0.25) is 0 Å². The Bertz CT molecular complexity index is 814. The maximum absolute atomic E-state index is 12.5. The SMILES string of the molecule is Cc1[nH]c(C(=O)O)c(C)c1S(=O)(=O)Nc1cccnc1Br. The number of hydrogen-bond donors (Lipinski definition) is 3. The molecular weight excluding hydrogens is 362 g/mol. The summed E-state index contributed by atoms with van der Waals surface area (Å²) >= 11 is 3.15. The molecule has 3 N–H and O–H groups in total. The number of aromatic nitrogens is 2. The zero-order valence-electron chi connectivity index (χ0n) is 11.1. The van der Waals surface area contributed by atoms with Crippen LogP contribution in [0.1, 0.15) is 21.7 Å². The molecule has 2 rings (SSSR count). The number of rotatable bonds is 4. The summed E-state index contributed by atoms with van der Waals surface area (Å²) in [5.74, 6) is -1.21. The van der Waals surface area contributed by atoms with Crippen molar-refractivity contribution in [3.63, 3.8) is 0 Å². The summed E-state index contributed by atoms with van der Waals surface area (Å²) in [6.07, 6.45) is 1.51. The molecule has 0 radical (unpaired) electrons. The van der Waals surface area contributed by atoms with Gasteiger partial charge in [-0.15, -0.1) is 0 Å². The topological polar surface area (TPSA) is 112 Å². The minimum atomic E-state index is -3.92. The summed E-state index contributed by atoms with van der Waals surface area (Å²) < 4.78 is 27.6. The van der Waals surface area contributed by atoms with E-state index in [4.69, 9.17) is 5.11 Å². The quantitative estimate of drug-likeness (QED) is 0.711. The molecule has 2 aromatic heterocycles. The molecular formula is C12H12BrN3O4S. The fraction of sp³-hybridized carbons (Fsp3) is 0.167. The number of hydrogen-bond acceptors (Lipinski definition) is 4. The Kier molecular flexibility index (Phi) is 4.06. The number of pyridine rings is 1. The van der Waals surface area contributed by atoms with E-state index in [0.29, 0.717) is 4.60 Å². The first-order valence-electron chi connectivity index (χ1n) is 5.80. The summed E-state index contributed by atoms with van der Waals surface area (Å²) in [6.45, 7) is 2.95. The zero-order chi connectivity index (χ0) is 15.8. The molecule has 2 aromatic rings. The summed E-state index contributed by atoms with van der Waals surface area (Å²) in [4.78, 5) is 17.5. The van der Waals surface area contributed by atoms with Gasteiger partial charge < -0.3 is 10.1 Å². The Morgan fingerprint density at radius 3 is 2.62 bits per heavy atom. The van der Waals surface area contributed by atoms with Gasteiger partial charge >= 0.3 is 5.97 Å². The lowest BCUT2D eigenvalue weighted by molar-refractivity contribution is 0.0690. The number of carbonyl (C=O) groups is 1. The van der Waals surface area contributed by atoms with Crippen molar-refractivity contribution in [1.29, 1.82) is 0 Å². The minimum absolute atomic E-state index is 0.0735. The number of sulfonamides is 1. The molecule has 0 aliphatic heterocycles. The second-order valence-electron chi connectivity index (χ2n) is 4.33. The number of halogens is 1. The summed E-state index contributed by atoms with van der Waals surface area (Å²) in [6, 6.07) is 3.13. The largest absolute Gasteiger partial charge is 0.477 e. The first kappa shape index (κ1) is 15.5. The predicted octanol–water partition coefficient (Wildman–Crippen LogP) is 2.29. The predicted molar refractivity (Wildman–Crippen MR) is 80.0 cm³/mol. The smallest absolute Gasteiger partial charge is 0.352 e. The number of carboxylic acids is 1. The standard InChI is InChI=1S/C12H12BrN3O4S/c1-6-9(12(17)18)15-7(2)10(6)21(19,20)16-8-4-3-5-14-11(8)13/h3-5,15-16H,1-2H3,(H,17,18). The van der Waals surface area contributed by atoms with E-state index in [2.05, 4.69) is 30.6 Å². The second kappa shape index (κ2) is 5.49. The molecule has 9 heteroatoms. The van der Waals surface area contributed by atoms with Gasteiger partial charge in [-0.25, -0.2) is 18.2 Å². The van der Waals surface area contributed by atoms with Crippen LogP contribution >= 0.6 is 15.9 Å². The van der Waals surface area contributed by atoms with Crippen LogP contribution in [0.15, 0.2) is 27.8 Å². The van der Waals surface area contributed by atoms with Gasteiger partial charge in [0.05, 0.1) is 5.69 Å². The van der Waals surface area contributed by atoms with Crippen molar-refractivity contribution in [3.8, 4) is 0 Å². The van der Waals surface area contributed by atoms with E-state index in [1.165, 1.54) is 20.0 Å². The molecule has 0 amide bonds. The highest BCUT2D eigenvalue weighted by atomic mass is 79.9. The number of nitrogens with zero attached hydrogens (tertiary/aromatic N) is 1. The molecule has 0 aromatic carbocycles. The Hall–Kier alpha value is -1.87. The van der Waals surface area contributed by atoms with Crippen molar-refractivity contribution in [2.45, 2.75) is 18.7 Å². The summed E-state index contributed by atoms with van der Waals surface area (Å²) in [5, 5.41) is 9.04. The van der Waals surface area contributed by atoms with E-state index >= 15 is 0 Å². The third-order valence-corrected chi connectivity index (χ3v) is 5.13. The summed E-state index contributed by atoms with van der Waals surface area (Å²) in [5.41, 5.74) is 0.553. The molecule has 0 saturated carbocycles. The van der Waals surface area contributed by atoms with E-state index in [1.807, 2.05) is 0 Å². The van der Waals surface area contributed by atoms with Gasteiger partial charge in [-0.05, 0) is 41.9 Å². The van der Waals surface area contributed by atoms with Gasteiger partial charge in [0.1, 0.15) is 15.2 Å². The van der Waals surface area contributed by atoms with Gasteiger partial charge in [0.25, 0.3) is 10.0 Å². The Morgan fingerprint density at radius 1 is 1.43 bits per heavy atom. The number of carboxylic acid groups (broad SMARTS) is 1. The van der Waals surface area contributed by atoms with Gasteiger partial charge in [0, 0.05) is 17.5 Å². The first-order valence-corrected chi connectivity index (χ1v) is 8.07. The van der Waals surface area contributed by atoms with Crippen molar-refractivity contribution in [1.82, 2.24) is 9.97 Å². The molecule has 2 heterocycles. The minimum Gasteiger partial charge on any atom is -0.477 e. The lowest BCUT2D eigenvalue weighted by Crippen LogP contribution is -2.15. The monoisotopic (exact) mass is 373 g/mol. The van der Waals surface area contributed by atoms with Gasteiger partial charge in [-0.3, -0.25) is 4.72 Å². The normalized spacial score (nSPS) is 11.4. The molecule has 0 fully saturated rings. The van der Waals surface area contributed by atoms with Crippen LogP contribution in [-0.4, -0.2) is 29.5 Å². The number of anilines is 1. The number of H-pyrrole nitrogens is 1. The van der Waals surface area contributed by atoms with Crippen molar-refractivity contribution in [3.05, 3.63) is 39.9 Å². The fourth-order valence-corrected chi connectivity index (χ4v) is 4.00. The average molecular weight is 374 g/mol. The van der Waals surface area contributed by atoms with Gasteiger partial charge in [-0.1, -0.05) is 0 Å². The highest BCUT2D eigenvalue weighted by molar-refractivity contribution is 9.10. The number of aromatic carboxylic acids is 1. The highest BCUT2D eigenvalue weighted by Gasteiger charge is 2.26. The van der Waals surface area contributed by atoms with Crippen molar-refractivity contribution in [2.24, 2.45) is 0 Å². The molecule has 0 aliphatic rings. The van der Waals surface area contributed by atoms with Crippen LogP contribution in [0.25, 0.3) is 0 Å². The molecule has 0 bridgehead atoms. The van der Waals surface area contributed by atoms with E-state index in [-0.39, 0.29) is 27.5 Å². The van der Waals surface area contributed by atoms with E-state index < -0.39 is 16.0 Å². The van der Waals surface area contributed by atoms with Gasteiger partial charge in [0.15, 0.2) is 0 Å². The lowest BCUT2D eigenvalue weighted by atomic mass is 10.2. The van der Waals surface area contributed by atoms with Crippen LogP contribution in [0.4, 0.5) is 5.69 Å². The summed E-state index contributed by atoms with van der Waals surface area (Å²) in [7, 11) is -3.92. The third kappa shape index (κ3) is 2.93. The van der Waals surface area contributed by atoms with E-state index in [0.717, 1.165) is 0 Å². The zero-order valence-corrected chi connectivity index (χ0v) is 13.5. The van der Waals surface area contributed by atoms with Crippen molar-refractivity contribution in [2.75, 3.05) is 4.72 Å². The molecule has 0 unspecified atom stereocenters. The highest BCUT2D eigenvalue weighted by Crippen LogP contribution is 2.27. The first-order chi connectivity index (χ1) is 9.74. The molecule has 7 nitrogen and oxygen atoms in total. The van der Waals surface area contributed by atoms with Crippen LogP contribution in [-0.2, 0) is 10.0 Å². The van der Waals surface area contributed by atoms with Crippen LogP contribution in [0, 0.1) is 13.8 Å². The van der Waals surface area contributed by atoms with Crippen LogP contribution in [0.2, 0.25) is 0 Å². The second-order valence-corrected chi connectivity index (χ2v) is 6.70. The van der Waals surface area contributed by atoms with Crippen molar-refractivity contribution >= 4 is 37.6 Å². The number of aryl methyl sites for hydroxylation is 1. The molecule has 112 valence electrons. The van der Waals surface area contributed by atoms with E-state index in [9.17, 15) is 13.2 Å². The Morgan fingerprint density at radius 2 is 2.10 bits per heavy atom. The maximum atomic E-state index is 12.5. The van der Waals surface area contributed by atoms with Crippen LogP contribution in [0.5, 0.6) is 0 Å². The molecule has 0 saturated heterocycles. The van der Waals surface area contributed by atoms with E-state index in [1.54, 1.807) is 12.1 Å². The molecule has 0 aliphatic carbocycles. The van der Waals surface area contributed by atoms with Crippen LogP contribution in [0.3, 0.4) is 0 Å². The van der Waals surface area contributed by atoms with Crippen LogP contribution < -0.4 is 4.72 Å². The van der Waals surface area contributed by atoms with Gasteiger partial charge in [-0.2, -0.15) is 0 Å². The molecule has 0 spiro atoms. The molecule has 0 atom stereocenters. The number of nitrogens with one attached hydrogen (secondary N) is 2. The third-order valence-electron chi connectivity index (χ3n) is 2.85. The fourth-order valence-electron chi connectivity index (χ4n) is 2.01. The maximum Gasteiger partial charge on any atom is 0.352 e. The number of aromatic amines is 1. The average Bonchev–Trinajstić information content (AvgIpc) is 2.68. The Labute approximate surface area is 129 Å².